The summed E-state index contributed by atoms with van der Waals surface area (Å²) in [4.78, 5) is 24.9. The first-order valence-corrected chi connectivity index (χ1v) is 7.10. The number of hydrogen-bond donors (Lipinski definition) is 2. The van der Waals surface area contributed by atoms with E-state index in [0.29, 0.717) is 18.4 Å². The lowest BCUT2D eigenvalue weighted by molar-refractivity contribution is -0.125. The molecule has 0 bridgehead atoms. The Kier molecular flexibility index (Phi) is 5.79. The molecule has 1 heterocycles. The summed E-state index contributed by atoms with van der Waals surface area (Å²) in [6, 6.07) is 0.121. The quantitative estimate of drug-likeness (QED) is 0.767. The summed E-state index contributed by atoms with van der Waals surface area (Å²) in [5.41, 5.74) is 5.27. The Hall–Kier alpha value is -1.10. The van der Waals surface area contributed by atoms with Gasteiger partial charge in [0.15, 0.2) is 0 Å². The zero-order valence-electron chi connectivity index (χ0n) is 12.5. The molecule has 0 aliphatic carbocycles. The minimum atomic E-state index is -0.307. The van der Waals surface area contributed by atoms with Crippen LogP contribution < -0.4 is 11.1 Å². The second-order valence-electron chi connectivity index (χ2n) is 6.26. The normalized spacial score (nSPS) is 24.7. The number of likely N-dealkylation sites (tertiary alicyclic amines) is 1. The van der Waals surface area contributed by atoms with E-state index < -0.39 is 0 Å². The monoisotopic (exact) mass is 269 g/mol. The van der Waals surface area contributed by atoms with E-state index in [2.05, 4.69) is 24.1 Å². The molecule has 0 spiro atoms. The molecular weight excluding hydrogens is 242 g/mol. The summed E-state index contributed by atoms with van der Waals surface area (Å²) >= 11 is 0. The molecular formula is C14H27N3O2. The summed E-state index contributed by atoms with van der Waals surface area (Å²) in [7, 11) is 0. The van der Waals surface area contributed by atoms with Crippen LogP contribution in [0.3, 0.4) is 0 Å². The number of nitrogens with one attached hydrogen (secondary N) is 1. The maximum atomic E-state index is 11.8. The Morgan fingerprint density at radius 2 is 1.89 bits per heavy atom. The summed E-state index contributed by atoms with van der Waals surface area (Å²) in [6.45, 7) is 10.0. The fraction of sp³-hybridized carbons (Fsp3) is 0.857. The number of carbonyl (C=O) groups is 2. The van der Waals surface area contributed by atoms with Crippen LogP contribution in [0.5, 0.6) is 0 Å². The number of nitrogens with two attached hydrogens (primary N) is 1. The molecule has 1 aliphatic rings. The van der Waals surface area contributed by atoms with E-state index >= 15 is 0 Å². The smallest absolute Gasteiger partial charge is 0.231 e. The van der Waals surface area contributed by atoms with Gasteiger partial charge < -0.3 is 11.1 Å². The third-order valence-corrected chi connectivity index (χ3v) is 3.75. The van der Waals surface area contributed by atoms with Gasteiger partial charge in [-0.25, -0.2) is 0 Å². The van der Waals surface area contributed by atoms with Crippen molar-refractivity contribution in [2.75, 3.05) is 19.6 Å². The van der Waals surface area contributed by atoms with Crippen LogP contribution in [0.2, 0.25) is 0 Å². The molecule has 0 saturated carbocycles. The van der Waals surface area contributed by atoms with E-state index in [0.717, 1.165) is 13.0 Å². The molecule has 1 fully saturated rings. The molecule has 0 aromatic rings. The molecule has 1 rings (SSSR count). The highest BCUT2D eigenvalue weighted by atomic mass is 16.2. The third kappa shape index (κ3) is 5.19. The van der Waals surface area contributed by atoms with E-state index in [1.54, 1.807) is 0 Å². The fourth-order valence-corrected chi connectivity index (χ4v) is 2.54. The van der Waals surface area contributed by atoms with Crippen molar-refractivity contribution in [3.05, 3.63) is 0 Å². The van der Waals surface area contributed by atoms with Crippen LogP contribution in [0.1, 0.15) is 34.1 Å². The number of amides is 2. The van der Waals surface area contributed by atoms with Crippen molar-refractivity contribution < 1.29 is 9.59 Å². The summed E-state index contributed by atoms with van der Waals surface area (Å²) in [6.07, 6.45) is 0.978. The Labute approximate surface area is 115 Å². The highest BCUT2D eigenvalue weighted by molar-refractivity contribution is 5.78. The molecule has 2 unspecified atom stereocenters. The largest absolute Gasteiger partial charge is 0.369 e. The zero-order valence-corrected chi connectivity index (χ0v) is 12.5. The Bertz CT molecular complexity index is 329. The van der Waals surface area contributed by atoms with Gasteiger partial charge in [-0.05, 0) is 18.3 Å². The molecule has 1 aliphatic heterocycles. The van der Waals surface area contributed by atoms with Crippen molar-refractivity contribution in [2.24, 2.45) is 23.5 Å². The number of hydrogen-bond acceptors (Lipinski definition) is 3. The molecule has 110 valence electrons. The number of nitrogens with zero attached hydrogens (tertiary/aromatic N) is 1. The van der Waals surface area contributed by atoms with E-state index in [-0.39, 0.29) is 30.3 Å². The average molecular weight is 269 g/mol. The molecule has 1 saturated heterocycles. The van der Waals surface area contributed by atoms with Gasteiger partial charge in [-0.3, -0.25) is 14.5 Å². The van der Waals surface area contributed by atoms with Crippen LogP contribution in [0, 0.1) is 17.8 Å². The Morgan fingerprint density at radius 1 is 1.26 bits per heavy atom. The number of rotatable bonds is 5. The number of piperidine rings is 1. The number of carbonyl (C=O) groups excluding carboxylic acids is 2. The van der Waals surface area contributed by atoms with Crippen LogP contribution in [-0.2, 0) is 9.59 Å². The topological polar surface area (TPSA) is 75.4 Å². The molecule has 2 amide bonds. The van der Waals surface area contributed by atoms with Gasteiger partial charge in [0, 0.05) is 25.0 Å². The highest BCUT2D eigenvalue weighted by Crippen LogP contribution is 2.23. The second kappa shape index (κ2) is 6.89. The third-order valence-electron chi connectivity index (χ3n) is 3.75. The highest BCUT2D eigenvalue weighted by Gasteiger charge is 2.30. The van der Waals surface area contributed by atoms with E-state index in [4.69, 9.17) is 5.73 Å². The average Bonchev–Trinajstić information content (AvgIpc) is 2.27. The molecule has 2 atom stereocenters. The van der Waals surface area contributed by atoms with Crippen molar-refractivity contribution in [3.63, 3.8) is 0 Å². The van der Waals surface area contributed by atoms with E-state index in [1.165, 1.54) is 0 Å². The molecule has 19 heavy (non-hydrogen) atoms. The van der Waals surface area contributed by atoms with Crippen LogP contribution in [0.25, 0.3) is 0 Å². The zero-order chi connectivity index (χ0) is 14.6. The first-order valence-electron chi connectivity index (χ1n) is 7.10. The van der Waals surface area contributed by atoms with Crippen LogP contribution in [0.4, 0.5) is 0 Å². The SMILES string of the molecule is CC(C)C(=O)NC1CC(C(C)C)CN(CC(N)=O)C1. The lowest BCUT2D eigenvalue weighted by atomic mass is 9.85. The van der Waals surface area contributed by atoms with Crippen molar-refractivity contribution in [1.82, 2.24) is 10.2 Å². The lowest BCUT2D eigenvalue weighted by Crippen LogP contribution is -2.53. The maximum Gasteiger partial charge on any atom is 0.231 e. The van der Waals surface area contributed by atoms with Gasteiger partial charge >= 0.3 is 0 Å². The first kappa shape index (κ1) is 16.0. The van der Waals surface area contributed by atoms with Crippen molar-refractivity contribution in [1.29, 1.82) is 0 Å². The molecule has 5 nitrogen and oxygen atoms in total. The van der Waals surface area contributed by atoms with Crippen molar-refractivity contribution in [2.45, 2.75) is 40.2 Å². The van der Waals surface area contributed by atoms with Crippen LogP contribution in [0.15, 0.2) is 0 Å². The molecule has 0 aromatic heterocycles. The number of primary amides is 1. The van der Waals surface area contributed by atoms with Crippen molar-refractivity contribution in [3.8, 4) is 0 Å². The first-order chi connectivity index (χ1) is 8.79. The molecule has 3 N–H and O–H groups in total. The summed E-state index contributed by atoms with van der Waals surface area (Å²) in [5.74, 6) is 0.787. The van der Waals surface area contributed by atoms with Crippen LogP contribution in [-0.4, -0.2) is 42.4 Å². The van der Waals surface area contributed by atoms with Crippen molar-refractivity contribution >= 4 is 11.8 Å². The minimum Gasteiger partial charge on any atom is -0.369 e. The predicted octanol–water partition coefficient (Wildman–Crippen LogP) is 0.590. The van der Waals surface area contributed by atoms with Gasteiger partial charge in [0.05, 0.1) is 6.54 Å². The van der Waals surface area contributed by atoms with Gasteiger partial charge in [0.25, 0.3) is 0 Å². The fourth-order valence-electron chi connectivity index (χ4n) is 2.54. The minimum absolute atomic E-state index is 0.0102. The molecule has 0 aromatic carbocycles. The van der Waals surface area contributed by atoms with Gasteiger partial charge in [0.1, 0.15) is 0 Å². The summed E-state index contributed by atoms with van der Waals surface area (Å²) < 4.78 is 0. The van der Waals surface area contributed by atoms with E-state index in [1.807, 2.05) is 13.8 Å². The van der Waals surface area contributed by atoms with Gasteiger partial charge in [0.2, 0.25) is 11.8 Å². The Balaban J connectivity index is 2.64. The summed E-state index contributed by atoms with van der Waals surface area (Å²) in [5, 5.41) is 3.07. The standard InChI is InChI=1S/C14H27N3O2/c1-9(2)11-5-12(16-14(19)10(3)4)7-17(6-11)8-13(15)18/h9-12H,5-8H2,1-4H3,(H2,15,18)(H,16,19). The Morgan fingerprint density at radius 3 is 2.37 bits per heavy atom. The van der Waals surface area contributed by atoms with Gasteiger partial charge in [-0.15, -0.1) is 0 Å². The molecule has 5 heteroatoms. The maximum absolute atomic E-state index is 11.8. The van der Waals surface area contributed by atoms with Crippen LogP contribution >= 0.6 is 0 Å². The predicted molar refractivity (Wildman–Crippen MR) is 75.3 cm³/mol. The lowest BCUT2D eigenvalue weighted by Gasteiger charge is -2.39. The molecule has 0 radical (unpaired) electrons. The second-order valence-corrected chi connectivity index (χ2v) is 6.26. The van der Waals surface area contributed by atoms with Gasteiger partial charge in [-0.1, -0.05) is 27.7 Å². The van der Waals surface area contributed by atoms with Gasteiger partial charge in [-0.2, -0.15) is 0 Å². The van der Waals surface area contributed by atoms with E-state index in [9.17, 15) is 9.59 Å².